The number of hydrogen-bond acceptors (Lipinski definition) is 3. The quantitative estimate of drug-likeness (QED) is 0.306. The fourth-order valence-electron chi connectivity index (χ4n) is 4.48. The predicted molar refractivity (Wildman–Crippen MR) is 159 cm³/mol. The summed E-state index contributed by atoms with van der Waals surface area (Å²) in [5.74, 6) is 3.26. The largest absolute Gasteiger partial charge is 0.344 e. The summed E-state index contributed by atoms with van der Waals surface area (Å²) >= 11 is 0. The maximum absolute atomic E-state index is 5.93. The minimum absolute atomic E-state index is 0. The summed E-state index contributed by atoms with van der Waals surface area (Å²) in [6.45, 7) is 20.7. The first-order chi connectivity index (χ1) is 14.6. The van der Waals surface area contributed by atoms with E-state index in [9.17, 15) is 0 Å². The second kappa shape index (κ2) is 20.3. The van der Waals surface area contributed by atoms with Gasteiger partial charge in [0, 0.05) is 13.1 Å². The van der Waals surface area contributed by atoms with E-state index in [-0.39, 0.29) is 21.0 Å². The summed E-state index contributed by atoms with van der Waals surface area (Å²) < 4.78 is 0. The van der Waals surface area contributed by atoms with E-state index in [4.69, 9.17) is 5.73 Å². The molecular weight excluding hydrogens is 414 g/mol. The van der Waals surface area contributed by atoms with Gasteiger partial charge in [0.15, 0.2) is 0 Å². The normalized spacial score (nSPS) is 21.8. The van der Waals surface area contributed by atoms with Crippen molar-refractivity contribution in [1.82, 2.24) is 11.1 Å². The lowest BCUT2D eigenvalue weighted by atomic mass is 9.84. The Balaban J connectivity index is -0.000000519. The highest BCUT2D eigenvalue weighted by molar-refractivity contribution is 5.09. The average Bonchev–Trinajstić information content (AvgIpc) is 2.73. The highest BCUT2D eigenvalue weighted by Crippen LogP contribution is 2.29. The van der Waals surface area contributed by atoms with Gasteiger partial charge in [0.05, 0.1) is 6.17 Å². The molecule has 0 radical (unpaired) electrons. The Morgan fingerprint density at radius 1 is 1.06 bits per heavy atom. The molecule has 1 aliphatic carbocycles. The van der Waals surface area contributed by atoms with Gasteiger partial charge in [-0.25, -0.2) is 0 Å². The van der Waals surface area contributed by atoms with Gasteiger partial charge in [0.2, 0.25) is 0 Å². The van der Waals surface area contributed by atoms with E-state index in [0.717, 1.165) is 30.1 Å². The first-order valence-electron chi connectivity index (χ1n) is 13.1. The molecule has 1 fully saturated rings. The molecule has 0 aromatic heterocycles. The molecule has 0 saturated carbocycles. The molecule has 3 unspecified atom stereocenters. The number of likely N-dealkylation sites (tertiary alicyclic amines) is 1. The SMILES string of the molecule is C.C.CC(C)C1=CCC(CN2CCC2N)CC1.CC/C(C)=C/C/C(C)=C\CC(C)CC(C)C.N. The van der Waals surface area contributed by atoms with Gasteiger partial charge >= 0.3 is 0 Å². The van der Waals surface area contributed by atoms with Gasteiger partial charge < -0.3 is 11.9 Å². The van der Waals surface area contributed by atoms with Crippen LogP contribution in [0.3, 0.4) is 0 Å². The highest BCUT2D eigenvalue weighted by Gasteiger charge is 2.27. The zero-order valence-electron chi connectivity index (χ0n) is 22.9. The van der Waals surface area contributed by atoms with Crippen molar-refractivity contribution in [3.63, 3.8) is 0 Å². The van der Waals surface area contributed by atoms with Crippen LogP contribution in [0.2, 0.25) is 0 Å². The minimum atomic E-state index is 0. The fraction of sp³-hybridized carbons (Fsp3) is 0.806. The fourth-order valence-corrected chi connectivity index (χ4v) is 4.48. The third-order valence-electron chi connectivity index (χ3n) is 7.04. The van der Waals surface area contributed by atoms with E-state index in [2.05, 4.69) is 78.5 Å². The van der Waals surface area contributed by atoms with Crippen LogP contribution in [0, 0.1) is 23.7 Å². The van der Waals surface area contributed by atoms with Gasteiger partial charge in [-0.05, 0) is 88.9 Å². The van der Waals surface area contributed by atoms with Crippen LogP contribution in [0.1, 0.15) is 122 Å². The minimum Gasteiger partial charge on any atom is -0.344 e. The number of allylic oxidation sites excluding steroid dienone is 6. The van der Waals surface area contributed by atoms with E-state index in [1.807, 2.05) is 0 Å². The molecule has 1 saturated heterocycles. The summed E-state index contributed by atoms with van der Waals surface area (Å²) in [5, 5.41) is 0. The van der Waals surface area contributed by atoms with E-state index >= 15 is 0 Å². The van der Waals surface area contributed by atoms with E-state index < -0.39 is 0 Å². The van der Waals surface area contributed by atoms with Crippen LogP contribution in [-0.4, -0.2) is 24.2 Å². The van der Waals surface area contributed by atoms with Crippen molar-refractivity contribution >= 4 is 0 Å². The van der Waals surface area contributed by atoms with Crippen LogP contribution in [0.25, 0.3) is 0 Å². The molecule has 0 spiro atoms. The Kier molecular flexibility index (Phi) is 22.5. The summed E-state index contributed by atoms with van der Waals surface area (Å²) in [5.41, 5.74) is 10.6. The second-order valence-electron chi connectivity index (χ2n) is 11.1. The molecule has 2 aliphatic rings. The number of nitrogens with zero attached hydrogens (tertiary/aromatic N) is 1. The van der Waals surface area contributed by atoms with Crippen LogP contribution < -0.4 is 11.9 Å². The third kappa shape index (κ3) is 15.9. The summed E-state index contributed by atoms with van der Waals surface area (Å²) in [7, 11) is 0. The maximum Gasteiger partial charge on any atom is 0.0584 e. The molecule has 1 heterocycles. The Morgan fingerprint density at radius 2 is 1.71 bits per heavy atom. The van der Waals surface area contributed by atoms with Crippen LogP contribution in [0.15, 0.2) is 34.9 Å². The molecule has 204 valence electrons. The van der Waals surface area contributed by atoms with Crippen molar-refractivity contribution in [3.05, 3.63) is 34.9 Å². The summed E-state index contributed by atoms with van der Waals surface area (Å²) in [6, 6.07) is 0. The second-order valence-corrected chi connectivity index (χ2v) is 11.1. The Morgan fingerprint density at radius 3 is 2.12 bits per heavy atom. The zero-order chi connectivity index (χ0) is 23.4. The van der Waals surface area contributed by atoms with Crippen molar-refractivity contribution in [2.45, 2.75) is 128 Å². The smallest absolute Gasteiger partial charge is 0.0584 e. The van der Waals surface area contributed by atoms with Crippen LogP contribution in [0.4, 0.5) is 0 Å². The van der Waals surface area contributed by atoms with Crippen LogP contribution in [0.5, 0.6) is 0 Å². The van der Waals surface area contributed by atoms with E-state index in [0.29, 0.717) is 6.17 Å². The van der Waals surface area contributed by atoms with Gasteiger partial charge in [-0.15, -0.1) is 0 Å². The summed E-state index contributed by atoms with van der Waals surface area (Å²) in [6.07, 6.45) is 17.7. The third-order valence-corrected chi connectivity index (χ3v) is 7.04. The standard InChI is InChI=1S/C16H30.C13H24N2.2CH4.H3N/c1-7-14(4)8-9-15(5)10-11-16(6)12-13(2)3;1-10(2)12-5-3-11(4-6-12)9-15-8-7-13(15)14;;;/h8,10,13,16H,7,9,11-12H2,1-6H3;5,10-11,13H,3-4,6-9,14H2,1-2H3;2*1H4;1H3/b14-8+,15-10-;;;;. The lowest BCUT2D eigenvalue weighted by molar-refractivity contribution is 0.0729. The molecule has 34 heavy (non-hydrogen) atoms. The zero-order valence-corrected chi connectivity index (χ0v) is 22.9. The molecule has 3 heteroatoms. The monoisotopic (exact) mass is 480 g/mol. The molecule has 0 amide bonds. The first kappa shape index (κ1) is 37.6. The molecule has 3 nitrogen and oxygen atoms in total. The number of nitrogens with two attached hydrogens (primary N) is 1. The average molecular weight is 480 g/mol. The summed E-state index contributed by atoms with van der Waals surface area (Å²) in [4.78, 5) is 2.43. The lowest BCUT2D eigenvalue weighted by Crippen LogP contribution is -2.54. The topological polar surface area (TPSA) is 64.3 Å². The van der Waals surface area contributed by atoms with Crippen molar-refractivity contribution in [2.24, 2.45) is 29.4 Å². The van der Waals surface area contributed by atoms with Gasteiger partial charge in [0.25, 0.3) is 0 Å². The Hall–Kier alpha value is -0.900. The maximum atomic E-state index is 5.93. The molecule has 5 N–H and O–H groups in total. The Bertz CT molecular complexity index is 585. The Labute approximate surface area is 216 Å². The molecule has 0 bridgehead atoms. The lowest BCUT2D eigenvalue weighted by Gasteiger charge is -2.41. The molecule has 3 atom stereocenters. The van der Waals surface area contributed by atoms with Crippen molar-refractivity contribution in [3.8, 4) is 0 Å². The van der Waals surface area contributed by atoms with E-state index in [1.54, 1.807) is 5.57 Å². The van der Waals surface area contributed by atoms with Gasteiger partial charge in [-0.2, -0.15) is 0 Å². The number of rotatable bonds is 10. The highest BCUT2D eigenvalue weighted by atomic mass is 15.3. The molecule has 2 rings (SSSR count). The number of hydrogen-bond donors (Lipinski definition) is 2. The van der Waals surface area contributed by atoms with Gasteiger partial charge in [-0.3, -0.25) is 4.90 Å². The predicted octanol–water partition coefficient (Wildman–Crippen LogP) is 9.55. The molecular formula is C31H65N3. The van der Waals surface area contributed by atoms with E-state index in [1.165, 1.54) is 69.2 Å². The molecule has 0 aromatic rings. The molecule has 1 aliphatic heterocycles. The van der Waals surface area contributed by atoms with Crippen LogP contribution >= 0.6 is 0 Å². The van der Waals surface area contributed by atoms with Crippen molar-refractivity contribution in [1.29, 1.82) is 0 Å². The first-order valence-corrected chi connectivity index (χ1v) is 13.1. The van der Waals surface area contributed by atoms with Gasteiger partial charge in [0.1, 0.15) is 0 Å². The van der Waals surface area contributed by atoms with Gasteiger partial charge in [-0.1, -0.05) is 91.3 Å². The van der Waals surface area contributed by atoms with Crippen molar-refractivity contribution in [2.75, 3.05) is 13.1 Å². The molecule has 0 aromatic carbocycles. The van der Waals surface area contributed by atoms with Crippen LogP contribution in [-0.2, 0) is 0 Å². The van der Waals surface area contributed by atoms with Crippen molar-refractivity contribution < 1.29 is 0 Å².